The maximum Gasteiger partial charge on any atom is 0.257 e. The third kappa shape index (κ3) is 4.54. The summed E-state index contributed by atoms with van der Waals surface area (Å²) in [6, 6.07) is 6.73. The number of rotatable bonds is 5. The van der Waals surface area contributed by atoms with Crippen LogP contribution in [0.25, 0.3) is 0 Å². The second-order valence-electron chi connectivity index (χ2n) is 8.48. The summed E-state index contributed by atoms with van der Waals surface area (Å²) >= 11 is 0. The predicted molar refractivity (Wildman–Crippen MR) is 124 cm³/mol. The van der Waals surface area contributed by atoms with Crippen LogP contribution in [0.4, 0.5) is 5.82 Å². The average molecular weight is 456 g/mol. The molecule has 2 aliphatic heterocycles. The van der Waals surface area contributed by atoms with Crippen LogP contribution in [0.5, 0.6) is 0 Å². The van der Waals surface area contributed by atoms with Gasteiger partial charge < -0.3 is 5.32 Å². The molecular weight excluding hydrogens is 426 g/mol. The van der Waals surface area contributed by atoms with Crippen molar-refractivity contribution in [1.29, 1.82) is 0 Å². The molecule has 2 aliphatic rings. The van der Waals surface area contributed by atoms with E-state index in [0.29, 0.717) is 41.6 Å². The van der Waals surface area contributed by atoms with E-state index >= 15 is 0 Å². The second kappa shape index (κ2) is 8.99. The minimum atomic E-state index is -3.46. The smallest absolute Gasteiger partial charge is 0.257 e. The van der Waals surface area contributed by atoms with E-state index in [1.165, 1.54) is 0 Å². The number of carbonyl (C=O) groups is 1. The van der Waals surface area contributed by atoms with Crippen molar-refractivity contribution >= 4 is 27.5 Å². The van der Waals surface area contributed by atoms with E-state index in [2.05, 4.69) is 15.4 Å². The number of amides is 1. The molecule has 0 bridgehead atoms. The van der Waals surface area contributed by atoms with Crippen LogP contribution in [0.15, 0.2) is 45.8 Å². The lowest BCUT2D eigenvalue weighted by atomic mass is 10.2. The number of aliphatic imine (C=N–C) groups is 1. The van der Waals surface area contributed by atoms with Crippen LogP contribution in [0.3, 0.4) is 0 Å². The lowest BCUT2D eigenvalue weighted by molar-refractivity contribution is 0.0951. The molecule has 170 valence electrons. The monoisotopic (exact) mass is 455 g/mol. The number of hydrogen-bond acceptors (Lipinski definition) is 5. The number of hydrogen-bond donors (Lipinski definition) is 1. The minimum absolute atomic E-state index is 0.245. The van der Waals surface area contributed by atoms with Crippen molar-refractivity contribution in [2.45, 2.75) is 58.0 Å². The van der Waals surface area contributed by atoms with E-state index < -0.39 is 10.0 Å². The SMILES string of the molecule is CC1=CC(C)=Nc2c(C(=O)NCc3ccc(S(=O)(=O)N4CCCCC4)cc3)c(C)nn2C1. The van der Waals surface area contributed by atoms with Crippen molar-refractivity contribution in [2.24, 2.45) is 4.99 Å². The Morgan fingerprint density at radius 1 is 1.06 bits per heavy atom. The van der Waals surface area contributed by atoms with Crippen molar-refractivity contribution in [3.63, 3.8) is 0 Å². The number of piperidine rings is 1. The number of nitrogens with one attached hydrogen (secondary N) is 1. The van der Waals surface area contributed by atoms with Gasteiger partial charge in [-0.2, -0.15) is 9.40 Å². The summed E-state index contributed by atoms with van der Waals surface area (Å²) in [5, 5.41) is 7.41. The van der Waals surface area contributed by atoms with E-state index in [1.807, 2.05) is 19.9 Å². The summed E-state index contributed by atoms with van der Waals surface area (Å²) in [6.07, 6.45) is 4.87. The molecule has 1 aromatic heterocycles. The van der Waals surface area contributed by atoms with Gasteiger partial charge in [-0.15, -0.1) is 0 Å². The van der Waals surface area contributed by atoms with Crippen molar-refractivity contribution in [3.05, 3.63) is 52.7 Å². The fourth-order valence-corrected chi connectivity index (χ4v) is 5.72. The fourth-order valence-electron chi connectivity index (χ4n) is 4.20. The molecule has 3 heterocycles. The zero-order valence-corrected chi connectivity index (χ0v) is 19.6. The number of allylic oxidation sites excluding steroid dienone is 2. The van der Waals surface area contributed by atoms with Gasteiger partial charge in [-0.1, -0.05) is 24.1 Å². The Morgan fingerprint density at radius 3 is 2.44 bits per heavy atom. The summed E-state index contributed by atoms with van der Waals surface area (Å²) in [7, 11) is -3.46. The first-order valence-electron chi connectivity index (χ1n) is 10.9. The van der Waals surface area contributed by atoms with Crippen LogP contribution in [0, 0.1) is 6.92 Å². The topological polar surface area (TPSA) is 96.7 Å². The molecule has 32 heavy (non-hydrogen) atoms. The van der Waals surface area contributed by atoms with Gasteiger partial charge in [0.25, 0.3) is 5.91 Å². The maximum absolute atomic E-state index is 13.0. The molecule has 4 rings (SSSR count). The molecule has 0 saturated carbocycles. The van der Waals surface area contributed by atoms with Crippen molar-refractivity contribution in [3.8, 4) is 0 Å². The van der Waals surface area contributed by atoms with Gasteiger partial charge in [0.15, 0.2) is 5.82 Å². The van der Waals surface area contributed by atoms with Crippen LogP contribution in [-0.2, 0) is 23.1 Å². The first-order chi connectivity index (χ1) is 15.3. The number of carbonyl (C=O) groups excluding carboxylic acids is 1. The highest BCUT2D eigenvalue weighted by molar-refractivity contribution is 7.89. The van der Waals surface area contributed by atoms with Gasteiger partial charge in [0, 0.05) is 25.3 Å². The van der Waals surface area contributed by atoms with Gasteiger partial charge in [-0.3, -0.25) is 4.79 Å². The van der Waals surface area contributed by atoms with Gasteiger partial charge in [0.2, 0.25) is 10.0 Å². The van der Waals surface area contributed by atoms with E-state index in [1.54, 1.807) is 40.2 Å². The summed E-state index contributed by atoms with van der Waals surface area (Å²) in [6.45, 7) is 7.76. The summed E-state index contributed by atoms with van der Waals surface area (Å²) < 4.78 is 28.9. The third-order valence-electron chi connectivity index (χ3n) is 5.79. The summed E-state index contributed by atoms with van der Waals surface area (Å²) in [5.41, 5.74) is 3.88. The van der Waals surface area contributed by atoms with Crippen molar-refractivity contribution < 1.29 is 13.2 Å². The normalized spacial score (nSPS) is 17.2. The number of nitrogens with zero attached hydrogens (tertiary/aromatic N) is 4. The molecule has 1 saturated heterocycles. The first kappa shape index (κ1) is 22.4. The molecule has 1 fully saturated rings. The Balaban J connectivity index is 1.46. The quantitative estimate of drug-likeness (QED) is 0.748. The van der Waals surface area contributed by atoms with E-state index in [0.717, 1.165) is 36.1 Å². The Kier molecular flexibility index (Phi) is 6.30. The summed E-state index contributed by atoms with van der Waals surface area (Å²) in [5.74, 6) is 0.318. The van der Waals surface area contributed by atoms with Crippen molar-refractivity contribution in [1.82, 2.24) is 19.4 Å². The predicted octanol–water partition coefficient (Wildman–Crippen LogP) is 3.35. The Labute approximate surface area is 189 Å². The Hall–Kier alpha value is -2.78. The molecule has 1 N–H and O–H groups in total. The highest BCUT2D eigenvalue weighted by atomic mass is 32.2. The highest BCUT2D eigenvalue weighted by Crippen LogP contribution is 2.26. The van der Waals surface area contributed by atoms with Gasteiger partial charge in [-0.25, -0.2) is 18.1 Å². The maximum atomic E-state index is 13.0. The second-order valence-corrected chi connectivity index (χ2v) is 10.4. The van der Waals surface area contributed by atoms with Gasteiger partial charge >= 0.3 is 0 Å². The van der Waals surface area contributed by atoms with E-state index in [-0.39, 0.29) is 12.5 Å². The van der Waals surface area contributed by atoms with Crippen molar-refractivity contribution in [2.75, 3.05) is 13.1 Å². The lowest BCUT2D eigenvalue weighted by Gasteiger charge is -2.25. The summed E-state index contributed by atoms with van der Waals surface area (Å²) in [4.78, 5) is 17.8. The molecule has 0 radical (unpaired) electrons. The molecular formula is C23H29N5O3S. The van der Waals surface area contributed by atoms with E-state index in [9.17, 15) is 13.2 Å². The molecule has 1 amide bonds. The Bertz CT molecular complexity index is 1190. The number of aryl methyl sites for hydroxylation is 1. The molecule has 0 atom stereocenters. The number of sulfonamides is 1. The van der Waals surface area contributed by atoms with Crippen LogP contribution in [0.1, 0.15) is 54.7 Å². The average Bonchev–Trinajstić information content (AvgIpc) is 2.98. The zero-order chi connectivity index (χ0) is 22.9. The van der Waals surface area contributed by atoms with Crippen LogP contribution in [0.2, 0.25) is 0 Å². The van der Waals surface area contributed by atoms with Crippen LogP contribution >= 0.6 is 0 Å². The molecule has 0 unspecified atom stereocenters. The largest absolute Gasteiger partial charge is 0.348 e. The molecule has 9 heteroatoms. The third-order valence-corrected chi connectivity index (χ3v) is 7.71. The van der Waals surface area contributed by atoms with Gasteiger partial charge in [0.1, 0.15) is 5.56 Å². The highest BCUT2D eigenvalue weighted by Gasteiger charge is 2.26. The number of fused-ring (bicyclic) bond motifs is 1. The van der Waals surface area contributed by atoms with E-state index in [4.69, 9.17) is 0 Å². The molecule has 2 aromatic rings. The number of aromatic nitrogens is 2. The fraction of sp³-hybridized carbons (Fsp3) is 0.435. The number of benzene rings is 1. The first-order valence-corrected chi connectivity index (χ1v) is 12.4. The molecule has 8 nitrogen and oxygen atoms in total. The molecule has 0 aliphatic carbocycles. The molecule has 1 aromatic carbocycles. The van der Waals surface area contributed by atoms with Crippen LogP contribution < -0.4 is 5.32 Å². The van der Waals surface area contributed by atoms with Gasteiger partial charge in [-0.05, 0) is 57.4 Å². The molecule has 0 spiro atoms. The lowest BCUT2D eigenvalue weighted by Crippen LogP contribution is -2.35. The standard InChI is InChI=1S/C23H29N5O3S/c1-16-13-17(2)25-22-21(18(3)26-28(22)15-16)23(29)24-14-19-7-9-20(10-8-19)32(30,31)27-11-5-4-6-12-27/h7-10,13H,4-6,11-12,14-15H2,1-3H3,(H,24,29). The van der Waals surface area contributed by atoms with Crippen LogP contribution in [-0.4, -0.2) is 47.2 Å². The zero-order valence-electron chi connectivity index (χ0n) is 18.8. The van der Waals surface area contributed by atoms with Gasteiger partial charge in [0.05, 0.1) is 17.1 Å². The minimum Gasteiger partial charge on any atom is -0.348 e. The Morgan fingerprint density at radius 2 is 1.75 bits per heavy atom.